The van der Waals surface area contributed by atoms with Crippen LogP contribution in [0.15, 0.2) is 54.6 Å². The third kappa shape index (κ3) is 4.41. The van der Waals surface area contributed by atoms with Gasteiger partial charge in [0.1, 0.15) is 0 Å². The van der Waals surface area contributed by atoms with Gasteiger partial charge in [-0.25, -0.2) is 8.42 Å². The molecule has 0 spiro atoms. The van der Waals surface area contributed by atoms with E-state index in [1.165, 1.54) is 12.1 Å². The minimum atomic E-state index is -3.53. The Morgan fingerprint density at radius 1 is 1.09 bits per heavy atom. The second-order valence-corrected chi connectivity index (χ2v) is 7.15. The maximum absolute atomic E-state index is 12.2. The zero-order valence-corrected chi connectivity index (χ0v) is 12.7. The van der Waals surface area contributed by atoms with Crippen molar-refractivity contribution in [2.75, 3.05) is 5.75 Å². The fourth-order valence-corrected chi connectivity index (χ4v) is 3.62. The number of hydrogen-bond donors (Lipinski definition) is 2. The van der Waals surface area contributed by atoms with Gasteiger partial charge in [0.25, 0.3) is 0 Å². The van der Waals surface area contributed by atoms with E-state index in [0.717, 1.165) is 0 Å². The molecule has 0 bridgehead atoms. The van der Waals surface area contributed by atoms with Gasteiger partial charge in [-0.3, -0.25) is 4.79 Å². The molecule has 1 unspecified atom stereocenters. The Kier molecular flexibility index (Phi) is 4.95. The molecule has 0 aliphatic carbocycles. The van der Waals surface area contributed by atoms with Crippen LogP contribution in [0.1, 0.15) is 27.6 Å². The lowest BCUT2D eigenvalue weighted by Gasteiger charge is -2.12. The molecule has 2 rings (SSSR count). The summed E-state index contributed by atoms with van der Waals surface area (Å²) < 4.78 is 24.4. The molecule has 116 valence electrons. The normalized spacial score (nSPS) is 12.8. The van der Waals surface area contributed by atoms with Crippen LogP contribution in [-0.2, 0) is 15.6 Å². The number of aliphatic hydroxyl groups excluding tert-OH is 1. The van der Waals surface area contributed by atoms with Gasteiger partial charge in [0.2, 0.25) is 5.91 Å². The van der Waals surface area contributed by atoms with Gasteiger partial charge < -0.3 is 10.8 Å². The molecule has 22 heavy (non-hydrogen) atoms. The lowest BCUT2D eigenvalue weighted by Crippen LogP contribution is -2.17. The van der Waals surface area contributed by atoms with E-state index in [0.29, 0.717) is 11.1 Å². The SMILES string of the molecule is NC(=O)c1cccc(CS(=O)(=O)CC(O)c2ccccc2)c1. The molecule has 0 radical (unpaired) electrons. The predicted octanol–water partition coefficient (Wildman–Crippen LogP) is 1.43. The molecule has 2 aromatic carbocycles. The Bertz CT molecular complexity index is 757. The average molecular weight is 319 g/mol. The minimum Gasteiger partial charge on any atom is -0.387 e. The topological polar surface area (TPSA) is 97.5 Å². The molecule has 1 amide bonds. The number of aliphatic hydroxyl groups is 1. The fraction of sp³-hybridized carbons (Fsp3) is 0.188. The van der Waals surface area contributed by atoms with E-state index >= 15 is 0 Å². The summed E-state index contributed by atoms with van der Waals surface area (Å²) in [6, 6.07) is 14.8. The van der Waals surface area contributed by atoms with Crippen molar-refractivity contribution in [3.63, 3.8) is 0 Å². The van der Waals surface area contributed by atoms with Gasteiger partial charge in [0, 0.05) is 5.56 Å². The summed E-state index contributed by atoms with van der Waals surface area (Å²) in [5.74, 6) is -1.24. The summed E-state index contributed by atoms with van der Waals surface area (Å²) in [4.78, 5) is 11.1. The van der Waals surface area contributed by atoms with Gasteiger partial charge in [-0.2, -0.15) is 0 Å². The van der Waals surface area contributed by atoms with Gasteiger partial charge in [-0.1, -0.05) is 42.5 Å². The van der Waals surface area contributed by atoms with Gasteiger partial charge in [0.05, 0.1) is 17.6 Å². The molecule has 5 nitrogen and oxygen atoms in total. The second-order valence-electron chi connectivity index (χ2n) is 5.05. The predicted molar refractivity (Wildman–Crippen MR) is 83.9 cm³/mol. The van der Waals surface area contributed by atoms with E-state index in [-0.39, 0.29) is 17.1 Å². The summed E-state index contributed by atoms with van der Waals surface area (Å²) in [5.41, 5.74) is 6.46. The number of nitrogens with two attached hydrogens (primary N) is 1. The molecular weight excluding hydrogens is 302 g/mol. The first-order chi connectivity index (χ1) is 10.4. The van der Waals surface area contributed by atoms with E-state index in [1.807, 2.05) is 0 Å². The average Bonchev–Trinajstić information content (AvgIpc) is 2.47. The summed E-state index contributed by atoms with van der Waals surface area (Å²) >= 11 is 0. The van der Waals surface area contributed by atoms with Crippen LogP contribution >= 0.6 is 0 Å². The molecule has 0 aliphatic rings. The Morgan fingerprint density at radius 3 is 2.41 bits per heavy atom. The van der Waals surface area contributed by atoms with E-state index in [2.05, 4.69) is 0 Å². The Morgan fingerprint density at radius 2 is 1.77 bits per heavy atom. The maximum Gasteiger partial charge on any atom is 0.248 e. The number of sulfone groups is 1. The Labute approximate surface area is 129 Å². The molecule has 0 aromatic heterocycles. The van der Waals surface area contributed by atoms with Crippen LogP contribution in [0, 0.1) is 0 Å². The zero-order chi connectivity index (χ0) is 16.2. The lowest BCUT2D eigenvalue weighted by atomic mass is 10.1. The smallest absolute Gasteiger partial charge is 0.248 e. The third-order valence-electron chi connectivity index (χ3n) is 3.19. The van der Waals surface area contributed by atoms with Crippen LogP contribution in [0.4, 0.5) is 0 Å². The van der Waals surface area contributed by atoms with Crippen molar-refractivity contribution >= 4 is 15.7 Å². The molecule has 3 N–H and O–H groups in total. The quantitative estimate of drug-likeness (QED) is 0.841. The van der Waals surface area contributed by atoms with Crippen molar-refractivity contribution in [3.8, 4) is 0 Å². The molecule has 0 saturated heterocycles. The van der Waals surface area contributed by atoms with Crippen molar-refractivity contribution < 1.29 is 18.3 Å². The standard InChI is InChI=1S/C16H17NO4S/c17-16(19)14-8-4-5-12(9-14)10-22(20,21)11-15(18)13-6-2-1-3-7-13/h1-9,15,18H,10-11H2,(H2,17,19). The van der Waals surface area contributed by atoms with Crippen molar-refractivity contribution in [3.05, 3.63) is 71.3 Å². The van der Waals surface area contributed by atoms with E-state index in [1.54, 1.807) is 42.5 Å². The lowest BCUT2D eigenvalue weighted by molar-refractivity contribution is 0.1000. The minimum absolute atomic E-state index is 0.252. The number of rotatable bonds is 6. The number of primary amides is 1. The van der Waals surface area contributed by atoms with Gasteiger partial charge in [-0.15, -0.1) is 0 Å². The van der Waals surface area contributed by atoms with Gasteiger partial charge in [-0.05, 0) is 23.3 Å². The van der Waals surface area contributed by atoms with E-state index in [4.69, 9.17) is 5.73 Å². The van der Waals surface area contributed by atoms with Crippen molar-refractivity contribution in [1.82, 2.24) is 0 Å². The number of amides is 1. The molecule has 6 heteroatoms. The van der Waals surface area contributed by atoms with Crippen LogP contribution in [0.2, 0.25) is 0 Å². The highest BCUT2D eigenvalue weighted by Gasteiger charge is 2.19. The summed E-state index contributed by atoms with van der Waals surface area (Å²) in [6.45, 7) is 0. The van der Waals surface area contributed by atoms with E-state index in [9.17, 15) is 18.3 Å². The monoisotopic (exact) mass is 319 g/mol. The van der Waals surface area contributed by atoms with Crippen LogP contribution in [0.25, 0.3) is 0 Å². The largest absolute Gasteiger partial charge is 0.387 e. The third-order valence-corrected chi connectivity index (χ3v) is 4.79. The van der Waals surface area contributed by atoms with Gasteiger partial charge in [0.15, 0.2) is 9.84 Å². The highest BCUT2D eigenvalue weighted by Crippen LogP contribution is 2.17. The molecule has 1 atom stereocenters. The fourth-order valence-electron chi connectivity index (χ4n) is 2.14. The highest BCUT2D eigenvalue weighted by atomic mass is 32.2. The summed E-state index contributed by atoms with van der Waals surface area (Å²) in [6.07, 6.45) is -1.08. The molecular formula is C16H17NO4S. The van der Waals surface area contributed by atoms with Crippen LogP contribution in [0.3, 0.4) is 0 Å². The highest BCUT2D eigenvalue weighted by molar-refractivity contribution is 7.90. The van der Waals surface area contributed by atoms with Crippen LogP contribution in [-0.4, -0.2) is 25.2 Å². The number of carbonyl (C=O) groups is 1. The van der Waals surface area contributed by atoms with Crippen molar-refractivity contribution in [2.24, 2.45) is 5.73 Å². The second kappa shape index (κ2) is 6.72. The Hall–Kier alpha value is -2.18. The maximum atomic E-state index is 12.2. The zero-order valence-electron chi connectivity index (χ0n) is 11.8. The molecule has 0 fully saturated rings. The van der Waals surface area contributed by atoms with Crippen LogP contribution in [0.5, 0.6) is 0 Å². The van der Waals surface area contributed by atoms with Crippen LogP contribution < -0.4 is 5.73 Å². The summed E-state index contributed by atoms with van der Waals surface area (Å²) in [7, 11) is -3.53. The summed E-state index contributed by atoms with van der Waals surface area (Å²) in [5, 5.41) is 10.0. The number of hydrogen-bond acceptors (Lipinski definition) is 4. The van der Waals surface area contributed by atoms with Crippen molar-refractivity contribution in [1.29, 1.82) is 0 Å². The molecule has 2 aromatic rings. The van der Waals surface area contributed by atoms with Gasteiger partial charge >= 0.3 is 0 Å². The number of carbonyl (C=O) groups excluding carboxylic acids is 1. The van der Waals surface area contributed by atoms with Crippen molar-refractivity contribution in [2.45, 2.75) is 11.9 Å². The molecule has 0 aliphatic heterocycles. The first-order valence-corrected chi connectivity index (χ1v) is 8.52. The first kappa shape index (κ1) is 16.2. The first-order valence-electron chi connectivity index (χ1n) is 6.69. The number of benzene rings is 2. The molecule has 0 heterocycles. The van der Waals surface area contributed by atoms with E-state index < -0.39 is 21.8 Å². The molecule has 0 saturated carbocycles. The Balaban J connectivity index is 2.11.